The predicted octanol–water partition coefficient (Wildman–Crippen LogP) is 2.59. The number of hydrogen-bond acceptors (Lipinski definition) is 6. The zero-order valence-electron chi connectivity index (χ0n) is 13.7. The second-order valence-corrected chi connectivity index (χ2v) is 4.66. The van der Waals surface area contributed by atoms with Crippen molar-refractivity contribution in [2.24, 2.45) is 5.84 Å². The van der Waals surface area contributed by atoms with Gasteiger partial charge >= 0.3 is 6.09 Å². The number of hydrazine groups is 1. The minimum absolute atomic E-state index is 0.180. The summed E-state index contributed by atoms with van der Waals surface area (Å²) in [6, 6.07) is 12.9. The van der Waals surface area contributed by atoms with Crippen LogP contribution < -0.4 is 10.9 Å². The van der Waals surface area contributed by atoms with E-state index in [0.717, 1.165) is 16.1 Å². The van der Waals surface area contributed by atoms with E-state index in [9.17, 15) is 9.59 Å². The maximum absolute atomic E-state index is 11.7. The van der Waals surface area contributed by atoms with Crippen molar-refractivity contribution in [3.8, 4) is 0 Å². The fourth-order valence-corrected chi connectivity index (χ4v) is 1.55. The van der Waals surface area contributed by atoms with E-state index in [1.165, 1.54) is 0 Å². The number of ether oxygens (including phenoxy) is 2. The first-order chi connectivity index (χ1) is 11.6. The molecule has 2 rings (SSSR count). The predicted molar refractivity (Wildman–Crippen MR) is 90.0 cm³/mol. The number of nitrogens with zero attached hydrogens (tertiary/aromatic N) is 2. The molecule has 0 bridgehead atoms. The second kappa shape index (κ2) is 10.7. The van der Waals surface area contributed by atoms with Gasteiger partial charge in [-0.05, 0) is 31.0 Å². The van der Waals surface area contributed by atoms with Crippen molar-refractivity contribution in [2.45, 2.75) is 20.5 Å². The maximum atomic E-state index is 11.7. The Kier molecular flexibility index (Phi) is 8.55. The molecule has 0 atom stereocenters. The Bertz CT molecular complexity index is 617. The Balaban J connectivity index is 0.000000505. The molecular formula is C17H21N3O4. The van der Waals surface area contributed by atoms with Gasteiger partial charge in [-0.1, -0.05) is 36.4 Å². The van der Waals surface area contributed by atoms with E-state index in [1.807, 2.05) is 43.3 Å². The number of hydrogen-bond donors (Lipinski definition) is 1. The highest BCUT2D eigenvalue weighted by atomic mass is 16.6. The normalized spacial score (nSPS) is 9.29. The van der Waals surface area contributed by atoms with E-state index < -0.39 is 6.09 Å². The zero-order chi connectivity index (χ0) is 17.8. The van der Waals surface area contributed by atoms with Crippen LogP contribution in [0.1, 0.15) is 18.1 Å². The maximum Gasteiger partial charge on any atom is 0.430 e. The average molecular weight is 331 g/mol. The number of aryl methyl sites for hydroxylation is 1. The molecule has 7 nitrogen and oxygen atoms in total. The molecule has 1 aromatic carbocycles. The molecule has 2 aromatic rings. The van der Waals surface area contributed by atoms with Crippen molar-refractivity contribution in [3.05, 3.63) is 59.8 Å². The Morgan fingerprint density at radius 2 is 1.96 bits per heavy atom. The molecule has 24 heavy (non-hydrogen) atoms. The van der Waals surface area contributed by atoms with E-state index in [2.05, 4.69) is 9.72 Å². The van der Waals surface area contributed by atoms with Crippen LogP contribution in [0.4, 0.5) is 10.6 Å². The summed E-state index contributed by atoms with van der Waals surface area (Å²) >= 11 is 0. The fourth-order valence-electron chi connectivity index (χ4n) is 1.55. The van der Waals surface area contributed by atoms with Gasteiger partial charge in [-0.3, -0.25) is 4.79 Å². The van der Waals surface area contributed by atoms with E-state index >= 15 is 0 Å². The lowest BCUT2D eigenvalue weighted by atomic mass is 10.2. The Morgan fingerprint density at radius 3 is 2.46 bits per heavy atom. The number of aromatic nitrogens is 1. The third kappa shape index (κ3) is 6.89. The molecule has 0 unspecified atom stereocenters. The first-order valence-corrected chi connectivity index (χ1v) is 7.31. The first-order valence-electron chi connectivity index (χ1n) is 7.31. The van der Waals surface area contributed by atoms with Gasteiger partial charge in [-0.25, -0.2) is 15.6 Å². The minimum atomic E-state index is -0.639. The quantitative estimate of drug-likeness (QED) is 0.392. The lowest BCUT2D eigenvalue weighted by Crippen LogP contribution is -2.38. The summed E-state index contributed by atoms with van der Waals surface area (Å²) in [6.45, 7) is 4.75. The van der Waals surface area contributed by atoms with Crippen LogP contribution in [-0.2, 0) is 20.9 Å². The van der Waals surface area contributed by atoms with Gasteiger partial charge in [0.25, 0.3) is 6.47 Å². The van der Waals surface area contributed by atoms with Crippen LogP contribution >= 0.6 is 0 Å². The summed E-state index contributed by atoms with van der Waals surface area (Å²) in [5.41, 5.74) is 1.90. The highest BCUT2D eigenvalue weighted by Gasteiger charge is 2.14. The van der Waals surface area contributed by atoms with Gasteiger partial charge in [0.05, 0.1) is 6.61 Å². The van der Waals surface area contributed by atoms with Crippen LogP contribution in [0.2, 0.25) is 0 Å². The number of anilines is 1. The summed E-state index contributed by atoms with van der Waals surface area (Å²) in [5, 5.41) is 0.891. The largest absolute Gasteiger partial charge is 0.468 e. The molecular weight excluding hydrogens is 310 g/mol. The van der Waals surface area contributed by atoms with Gasteiger partial charge in [0.2, 0.25) is 0 Å². The van der Waals surface area contributed by atoms with Gasteiger partial charge in [-0.2, -0.15) is 5.01 Å². The Labute approximate surface area is 141 Å². The summed E-state index contributed by atoms with van der Waals surface area (Å²) in [7, 11) is 0. The lowest BCUT2D eigenvalue weighted by Gasteiger charge is -2.15. The van der Waals surface area contributed by atoms with Crippen molar-refractivity contribution in [1.29, 1.82) is 0 Å². The van der Waals surface area contributed by atoms with Crippen molar-refractivity contribution >= 4 is 18.4 Å². The molecule has 0 saturated carbocycles. The molecule has 1 aromatic heterocycles. The number of nitrogens with two attached hydrogens (primary N) is 1. The number of carbonyl (C=O) groups excluding carboxylic acids is 2. The number of rotatable bonds is 5. The molecule has 1 heterocycles. The molecule has 0 aliphatic heterocycles. The molecule has 0 aliphatic carbocycles. The zero-order valence-corrected chi connectivity index (χ0v) is 13.7. The summed E-state index contributed by atoms with van der Waals surface area (Å²) in [4.78, 5) is 25.0. The summed E-state index contributed by atoms with van der Waals surface area (Å²) in [6.07, 6.45) is 1.000. The first kappa shape index (κ1) is 19.1. The van der Waals surface area contributed by atoms with Crippen molar-refractivity contribution in [3.63, 3.8) is 0 Å². The lowest BCUT2D eigenvalue weighted by molar-refractivity contribution is -0.128. The third-order valence-corrected chi connectivity index (χ3v) is 2.78. The molecule has 7 heteroatoms. The third-order valence-electron chi connectivity index (χ3n) is 2.78. The van der Waals surface area contributed by atoms with Crippen molar-refractivity contribution in [1.82, 2.24) is 4.98 Å². The average Bonchev–Trinajstić information content (AvgIpc) is 2.62. The second-order valence-electron chi connectivity index (χ2n) is 4.66. The van der Waals surface area contributed by atoms with E-state index in [0.29, 0.717) is 18.9 Å². The number of pyridine rings is 1. The van der Waals surface area contributed by atoms with Crippen LogP contribution in [0, 0.1) is 6.92 Å². The van der Waals surface area contributed by atoms with E-state index in [4.69, 9.17) is 10.6 Å². The van der Waals surface area contributed by atoms with Gasteiger partial charge in [0, 0.05) is 6.20 Å². The molecule has 0 radical (unpaired) electrons. The van der Waals surface area contributed by atoms with Crippen molar-refractivity contribution in [2.75, 3.05) is 11.6 Å². The van der Waals surface area contributed by atoms with Gasteiger partial charge in [0.1, 0.15) is 6.61 Å². The van der Waals surface area contributed by atoms with E-state index in [-0.39, 0.29) is 6.61 Å². The van der Waals surface area contributed by atoms with E-state index in [1.54, 1.807) is 19.2 Å². The standard InChI is InChI=1S/C14H15N3O2.C3H6O2/c1-11-7-8-13(16-9-11)17(15)14(18)19-10-12-5-3-2-4-6-12;1-2-5-3-4/h2-9H,10,15H2,1H3;3H,2H2,1H3. The van der Waals surface area contributed by atoms with Crippen LogP contribution in [0.5, 0.6) is 0 Å². The van der Waals surface area contributed by atoms with Gasteiger partial charge in [-0.15, -0.1) is 0 Å². The molecule has 0 fully saturated rings. The molecule has 0 aliphatic rings. The van der Waals surface area contributed by atoms with Crippen LogP contribution in [0.15, 0.2) is 48.7 Å². The molecule has 2 N–H and O–H groups in total. The molecule has 0 saturated heterocycles. The summed E-state index contributed by atoms with van der Waals surface area (Å²) < 4.78 is 9.25. The molecule has 128 valence electrons. The summed E-state index contributed by atoms with van der Waals surface area (Å²) in [5.74, 6) is 6.00. The number of carbonyl (C=O) groups is 2. The SMILES string of the molecule is CCOC=O.Cc1ccc(N(N)C(=O)OCc2ccccc2)nc1. The Hall–Kier alpha value is -2.93. The highest BCUT2D eigenvalue weighted by Crippen LogP contribution is 2.09. The topological polar surface area (TPSA) is 94.8 Å². The monoisotopic (exact) mass is 331 g/mol. The van der Waals surface area contributed by atoms with Gasteiger partial charge in [0.15, 0.2) is 5.82 Å². The molecule has 1 amide bonds. The highest BCUT2D eigenvalue weighted by molar-refractivity contribution is 5.84. The van der Waals surface area contributed by atoms with Crippen molar-refractivity contribution < 1.29 is 19.1 Å². The molecule has 0 spiro atoms. The fraction of sp³-hybridized carbons (Fsp3) is 0.235. The number of benzene rings is 1. The number of amides is 1. The van der Waals surface area contributed by atoms with Crippen LogP contribution in [-0.4, -0.2) is 24.2 Å². The van der Waals surface area contributed by atoms with Crippen LogP contribution in [0.25, 0.3) is 0 Å². The minimum Gasteiger partial charge on any atom is -0.468 e. The van der Waals surface area contributed by atoms with Gasteiger partial charge < -0.3 is 9.47 Å². The van der Waals surface area contributed by atoms with Crippen LogP contribution in [0.3, 0.4) is 0 Å². The Morgan fingerprint density at radius 1 is 1.25 bits per heavy atom. The smallest absolute Gasteiger partial charge is 0.430 e.